The molecule has 2 aromatic carbocycles. The number of ether oxygens (including phenoxy) is 1. The van der Waals surface area contributed by atoms with Crippen molar-refractivity contribution in [2.75, 3.05) is 12.0 Å². The maximum absolute atomic E-state index is 13.5. The monoisotopic (exact) mass is 445 g/mol. The molecule has 0 radical (unpaired) electrons. The molecule has 1 fully saturated rings. The summed E-state index contributed by atoms with van der Waals surface area (Å²) in [6, 6.07) is 14.2. The zero-order chi connectivity index (χ0) is 23.1. The van der Waals surface area contributed by atoms with Crippen molar-refractivity contribution in [1.29, 1.82) is 0 Å². The number of carbonyl (C=O) groups excluding carboxylic acids is 2. The number of H-pyrrole nitrogens is 2. The second-order valence-corrected chi connectivity index (χ2v) is 8.00. The lowest BCUT2D eigenvalue weighted by Crippen LogP contribution is -2.31. The Bertz CT molecular complexity index is 1400. The van der Waals surface area contributed by atoms with Gasteiger partial charge in [-0.15, -0.1) is 0 Å². The van der Waals surface area contributed by atoms with Crippen LogP contribution in [0.1, 0.15) is 36.9 Å². The van der Waals surface area contributed by atoms with Gasteiger partial charge in [0.25, 0.3) is 5.56 Å². The Morgan fingerprint density at radius 3 is 2.70 bits per heavy atom. The van der Waals surface area contributed by atoms with Crippen LogP contribution in [0.5, 0.6) is 5.75 Å². The van der Waals surface area contributed by atoms with E-state index in [9.17, 15) is 14.4 Å². The summed E-state index contributed by atoms with van der Waals surface area (Å²) >= 11 is 0. The summed E-state index contributed by atoms with van der Waals surface area (Å²) in [4.78, 5) is 48.5. The van der Waals surface area contributed by atoms with Crippen molar-refractivity contribution in [3.63, 3.8) is 0 Å². The second kappa shape index (κ2) is 8.09. The van der Waals surface area contributed by atoms with Crippen LogP contribution < -0.4 is 15.2 Å². The maximum Gasteiger partial charge on any atom is 0.278 e. The SMILES string of the molecule is CCCc1[nH]n(-c2nc3ccccc3[nH]2)c(=O)c1C1CC(=O)N(c2cccc(OC)c2)C1=O. The molecule has 1 atom stereocenters. The van der Waals surface area contributed by atoms with Crippen molar-refractivity contribution >= 4 is 28.5 Å². The summed E-state index contributed by atoms with van der Waals surface area (Å²) in [5.74, 6) is -0.752. The average molecular weight is 445 g/mol. The smallest absolute Gasteiger partial charge is 0.278 e. The van der Waals surface area contributed by atoms with Gasteiger partial charge in [0.05, 0.1) is 35.3 Å². The van der Waals surface area contributed by atoms with Crippen LogP contribution in [0.4, 0.5) is 5.69 Å². The number of fused-ring (bicyclic) bond motifs is 1. The largest absolute Gasteiger partial charge is 0.497 e. The minimum atomic E-state index is -0.861. The molecule has 9 heteroatoms. The van der Waals surface area contributed by atoms with Crippen LogP contribution in [0, 0.1) is 0 Å². The van der Waals surface area contributed by atoms with Crippen LogP contribution in [0.3, 0.4) is 0 Å². The van der Waals surface area contributed by atoms with Crippen LogP contribution >= 0.6 is 0 Å². The molecular formula is C24H23N5O4. The Kier molecular flexibility index (Phi) is 5.08. The molecule has 0 spiro atoms. The highest BCUT2D eigenvalue weighted by atomic mass is 16.5. The first kappa shape index (κ1) is 20.7. The Morgan fingerprint density at radius 1 is 1.12 bits per heavy atom. The summed E-state index contributed by atoms with van der Waals surface area (Å²) < 4.78 is 6.55. The Labute approximate surface area is 189 Å². The van der Waals surface area contributed by atoms with E-state index in [2.05, 4.69) is 15.1 Å². The zero-order valence-electron chi connectivity index (χ0n) is 18.3. The summed E-state index contributed by atoms with van der Waals surface area (Å²) in [6.45, 7) is 1.99. The summed E-state index contributed by atoms with van der Waals surface area (Å²) in [6.07, 6.45) is 1.26. The van der Waals surface area contributed by atoms with Crippen molar-refractivity contribution in [2.24, 2.45) is 0 Å². The summed E-state index contributed by atoms with van der Waals surface area (Å²) in [7, 11) is 1.52. The second-order valence-electron chi connectivity index (χ2n) is 8.00. The fourth-order valence-electron chi connectivity index (χ4n) is 4.37. The van der Waals surface area contributed by atoms with Gasteiger partial charge in [0.1, 0.15) is 5.75 Å². The third-order valence-corrected chi connectivity index (χ3v) is 5.90. The van der Waals surface area contributed by atoms with E-state index in [0.717, 1.165) is 22.4 Å². The molecule has 2 amide bonds. The topological polar surface area (TPSA) is 113 Å². The lowest BCUT2D eigenvalue weighted by molar-refractivity contribution is -0.121. The lowest BCUT2D eigenvalue weighted by atomic mass is 9.96. The number of hydrogen-bond acceptors (Lipinski definition) is 5. The van der Waals surface area contributed by atoms with Crippen molar-refractivity contribution < 1.29 is 14.3 Å². The molecule has 9 nitrogen and oxygen atoms in total. The number of carbonyl (C=O) groups is 2. The Morgan fingerprint density at radius 2 is 1.94 bits per heavy atom. The maximum atomic E-state index is 13.5. The number of rotatable bonds is 6. The van der Waals surface area contributed by atoms with Crippen LogP contribution in [0.25, 0.3) is 17.0 Å². The van der Waals surface area contributed by atoms with E-state index in [0.29, 0.717) is 35.1 Å². The number of aromatic amines is 2. The number of aromatic nitrogens is 4. The number of nitrogens with one attached hydrogen (secondary N) is 2. The first-order chi connectivity index (χ1) is 16.0. The van der Waals surface area contributed by atoms with Gasteiger partial charge in [-0.2, -0.15) is 4.68 Å². The molecule has 3 heterocycles. The number of nitrogens with zero attached hydrogens (tertiary/aromatic N) is 3. The van der Waals surface area contributed by atoms with Crippen LogP contribution in [-0.2, 0) is 16.0 Å². The molecule has 2 aromatic heterocycles. The van der Waals surface area contributed by atoms with E-state index in [1.807, 2.05) is 31.2 Å². The van der Waals surface area contributed by atoms with Gasteiger partial charge in [-0.3, -0.25) is 19.5 Å². The number of para-hydroxylation sites is 2. The predicted octanol–water partition coefficient (Wildman–Crippen LogP) is 3.05. The van der Waals surface area contributed by atoms with E-state index >= 15 is 0 Å². The van der Waals surface area contributed by atoms with E-state index in [1.165, 1.54) is 11.8 Å². The molecule has 5 rings (SSSR count). The average Bonchev–Trinajstić information content (AvgIpc) is 3.47. The van der Waals surface area contributed by atoms with Crippen molar-refractivity contribution in [1.82, 2.24) is 19.7 Å². The van der Waals surface area contributed by atoms with Gasteiger partial charge in [0.2, 0.25) is 17.8 Å². The third kappa shape index (κ3) is 3.42. The predicted molar refractivity (Wildman–Crippen MR) is 123 cm³/mol. The van der Waals surface area contributed by atoms with Crippen LogP contribution in [0.15, 0.2) is 53.3 Å². The van der Waals surface area contributed by atoms with Gasteiger partial charge in [-0.05, 0) is 30.7 Å². The normalized spacial score (nSPS) is 16.2. The first-order valence-electron chi connectivity index (χ1n) is 10.8. The van der Waals surface area contributed by atoms with E-state index in [-0.39, 0.29) is 17.9 Å². The zero-order valence-corrected chi connectivity index (χ0v) is 18.3. The number of anilines is 1. The van der Waals surface area contributed by atoms with Crippen LogP contribution in [0.2, 0.25) is 0 Å². The molecule has 33 heavy (non-hydrogen) atoms. The van der Waals surface area contributed by atoms with Crippen molar-refractivity contribution in [3.8, 4) is 11.7 Å². The van der Waals surface area contributed by atoms with Gasteiger partial charge >= 0.3 is 0 Å². The number of aryl methyl sites for hydroxylation is 1. The number of hydrogen-bond donors (Lipinski definition) is 2. The van der Waals surface area contributed by atoms with Gasteiger partial charge in [-0.1, -0.05) is 31.5 Å². The fraction of sp³-hybridized carbons (Fsp3) is 0.250. The van der Waals surface area contributed by atoms with Gasteiger partial charge in [0.15, 0.2) is 0 Å². The molecule has 4 aromatic rings. The Balaban J connectivity index is 1.58. The lowest BCUT2D eigenvalue weighted by Gasteiger charge is -2.15. The summed E-state index contributed by atoms with van der Waals surface area (Å²) in [5, 5.41) is 3.12. The number of benzene rings is 2. The molecule has 168 valence electrons. The standard InChI is InChI=1S/C24H23N5O4/c1-3-7-19-21(23(32)29(27-19)24-25-17-10-4-5-11-18(17)26-24)16-13-20(30)28(22(16)31)14-8-6-9-15(12-14)33-2/h4-6,8-12,16,27H,3,7,13H2,1-2H3,(H,25,26). The fourth-order valence-corrected chi connectivity index (χ4v) is 4.37. The van der Waals surface area contributed by atoms with Gasteiger partial charge in [-0.25, -0.2) is 9.88 Å². The quantitative estimate of drug-likeness (QED) is 0.443. The van der Waals surface area contributed by atoms with E-state index in [4.69, 9.17) is 4.74 Å². The van der Waals surface area contributed by atoms with Crippen molar-refractivity contribution in [2.45, 2.75) is 32.1 Å². The molecule has 2 N–H and O–H groups in total. The molecule has 0 aliphatic carbocycles. The molecule has 0 saturated carbocycles. The van der Waals surface area contributed by atoms with E-state index < -0.39 is 11.8 Å². The first-order valence-corrected chi connectivity index (χ1v) is 10.8. The highest BCUT2D eigenvalue weighted by Gasteiger charge is 2.43. The van der Waals surface area contributed by atoms with Crippen molar-refractivity contribution in [3.05, 3.63) is 70.1 Å². The van der Waals surface area contributed by atoms with Crippen LogP contribution in [-0.4, -0.2) is 38.7 Å². The highest BCUT2D eigenvalue weighted by molar-refractivity contribution is 6.22. The molecule has 1 unspecified atom stereocenters. The van der Waals surface area contributed by atoms with E-state index in [1.54, 1.807) is 24.3 Å². The van der Waals surface area contributed by atoms with Gasteiger partial charge < -0.3 is 9.72 Å². The number of imidazole rings is 1. The molecule has 1 aliphatic heterocycles. The number of amides is 2. The van der Waals surface area contributed by atoms with Gasteiger partial charge in [0, 0.05) is 18.2 Å². The summed E-state index contributed by atoms with van der Waals surface area (Å²) in [5.41, 5.74) is 2.53. The molecule has 0 bridgehead atoms. The number of imide groups is 1. The minimum Gasteiger partial charge on any atom is -0.497 e. The minimum absolute atomic E-state index is 0.0695. The molecule has 1 saturated heterocycles. The number of methoxy groups -OCH3 is 1. The molecular weight excluding hydrogens is 422 g/mol. The Hall–Kier alpha value is -4.14. The highest BCUT2D eigenvalue weighted by Crippen LogP contribution is 2.34. The third-order valence-electron chi connectivity index (χ3n) is 5.90. The molecule has 1 aliphatic rings.